The number of nitrogens with one attached hydrogen (secondary N) is 1. The van der Waals surface area contributed by atoms with Gasteiger partial charge in [0.05, 0.1) is 11.1 Å². The van der Waals surface area contributed by atoms with Gasteiger partial charge in [0.1, 0.15) is 28.8 Å². The zero-order chi connectivity index (χ0) is 18.3. The molecule has 4 rings (SSSR count). The van der Waals surface area contributed by atoms with Crippen LogP contribution in [0.2, 0.25) is 0 Å². The van der Waals surface area contributed by atoms with Crippen LogP contribution in [0.15, 0.2) is 42.5 Å². The third kappa shape index (κ3) is 2.54. The van der Waals surface area contributed by atoms with Gasteiger partial charge in [-0.2, -0.15) is 0 Å². The Morgan fingerprint density at radius 1 is 1.12 bits per heavy atom. The van der Waals surface area contributed by atoms with Crippen molar-refractivity contribution in [2.24, 2.45) is 5.92 Å². The summed E-state index contributed by atoms with van der Waals surface area (Å²) in [4.78, 5) is 26.5. The summed E-state index contributed by atoms with van der Waals surface area (Å²) in [6.45, 7) is 1.28. The van der Waals surface area contributed by atoms with Crippen LogP contribution in [0.1, 0.15) is 33.6 Å². The summed E-state index contributed by atoms with van der Waals surface area (Å²) in [5.74, 6) is -1.79. The maximum absolute atomic E-state index is 13.3. The van der Waals surface area contributed by atoms with Crippen LogP contribution in [-0.4, -0.2) is 40.5 Å². The quantitative estimate of drug-likeness (QED) is 0.566. The van der Waals surface area contributed by atoms with Crippen molar-refractivity contribution in [3.63, 3.8) is 0 Å². The van der Waals surface area contributed by atoms with Gasteiger partial charge in [0.25, 0.3) is 0 Å². The molecule has 1 spiro atoms. The predicted octanol–water partition coefficient (Wildman–Crippen LogP) is 2.29. The molecule has 1 unspecified atom stereocenters. The number of benzene rings is 2. The Morgan fingerprint density at radius 2 is 1.85 bits per heavy atom. The maximum atomic E-state index is 13.3. The fourth-order valence-corrected chi connectivity index (χ4v) is 3.91. The molecule has 0 radical (unpaired) electrons. The second kappa shape index (κ2) is 6.14. The molecule has 1 fully saturated rings. The van der Waals surface area contributed by atoms with E-state index in [-0.39, 0.29) is 22.8 Å². The Hall–Kier alpha value is -2.86. The topological polar surface area (TPSA) is 95.9 Å². The smallest absolute Gasteiger partial charge is 0.181 e. The molecule has 1 saturated heterocycles. The summed E-state index contributed by atoms with van der Waals surface area (Å²) in [5.41, 5.74) is -0.534. The lowest BCUT2D eigenvalue weighted by Crippen LogP contribution is -2.58. The van der Waals surface area contributed by atoms with Crippen molar-refractivity contribution in [2.75, 3.05) is 13.1 Å². The van der Waals surface area contributed by atoms with Gasteiger partial charge < -0.3 is 20.3 Å². The Labute approximate surface area is 150 Å². The van der Waals surface area contributed by atoms with Gasteiger partial charge >= 0.3 is 0 Å². The van der Waals surface area contributed by atoms with E-state index in [1.54, 1.807) is 24.3 Å². The Balaban J connectivity index is 1.83. The van der Waals surface area contributed by atoms with Gasteiger partial charge in [0, 0.05) is 18.9 Å². The number of ketones is 2. The van der Waals surface area contributed by atoms with E-state index in [0.29, 0.717) is 37.2 Å². The Morgan fingerprint density at radius 3 is 2.58 bits per heavy atom. The van der Waals surface area contributed by atoms with Crippen molar-refractivity contribution >= 4 is 11.6 Å². The predicted molar refractivity (Wildman–Crippen MR) is 93.8 cm³/mol. The minimum Gasteiger partial charge on any atom is -0.508 e. The number of para-hydroxylation sites is 1. The van der Waals surface area contributed by atoms with Crippen molar-refractivity contribution in [2.45, 2.75) is 18.4 Å². The number of carbonyl (C=O) groups excluding carboxylic acids is 2. The van der Waals surface area contributed by atoms with E-state index >= 15 is 0 Å². The number of fused-ring (bicyclic) bond motifs is 1. The molecule has 134 valence electrons. The van der Waals surface area contributed by atoms with Crippen LogP contribution < -0.4 is 10.1 Å². The van der Waals surface area contributed by atoms with Gasteiger partial charge in [-0.1, -0.05) is 12.1 Å². The fourth-order valence-electron chi connectivity index (χ4n) is 3.91. The number of hydrogen-bond donors (Lipinski definition) is 3. The van der Waals surface area contributed by atoms with Gasteiger partial charge in [-0.25, -0.2) is 0 Å². The average Bonchev–Trinajstić information content (AvgIpc) is 2.62. The second-order valence-electron chi connectivity index (χ2n) is 6.78. The average molecular weight is 353 g/mol. The van der Waals surface area contributed by atoms with Gasteiger partial charge in [0.2, 0.25) is 0 Å². The number of phenols is 2. The molecule has 3 N–H and O–H groups in total. The molecular formula is C20H19NO5. The lowest BCUT2D eigenvalue weighted by Gasteiger charge is -2.45. The van der Waals surface area contributed by atoms with E-state index in [2.05, 4.69) is 5.32 Å². The number of piperidine rings is 1. The third-order valence-electron chi connectivity index (χ3n) is 5.21. The van der Waals surface area contributed by atoms with Gasteiger partial charge in [0.15, 0.2) is 11.6 Å². The van der Waals surface area contributed by atoms with Gasteiger partial charge in [-0.05, 0) is 37.4 Å². The molecule has 26 heavy (non-hydrogen) atoms. The highest BCUT2D eigenvalue weighted by molar-refractivity contribution is 6.19. The molecule has 6 heteroatoms. The number of carbonyl (C=O) groups is 2. The molecule has 1 atom stereocenters. The number of aromatic hydroxyl groups is 2. The molecule has 0 aliphatic carbocycles. The lowest BCUT2D eigenvalue weighted by atomic mass is 9.70. The molecule has 6 nitrogen and oxygen atoms in total. The molecule has 0 aromatic heterocycles. The summed E-state index contributed by atoms with van der Waals surface area (Å²) in [7, 11) is 0. The minimum atomic E-state index is -1.03. The molecule has 2 aliphatic rings. The molecule has 2 aromatic rings. The van der Waals surface area contributed by atoms with E-state index in [1.165, 1.54) is 12.1 Å². The number of phenolic OH excluding ortho intramolecular Hbond substituents is 2. The van der Waals surface area contributed by atoms with E-state index in [0.717, 1.165) is 6.07 Å². The highest BCUT2D eigenvalue weighted by Gasteiger charge is 2.53. The zero-order valence-corrected chi connectivity index (χ0v) is 14.1. The van der Waals surface area contributed by atoms with Crippen LogP contribution in [0.4, 0.5) is 0 Å². The van der Waals surface area contributed by atoms with E-state index in [9.17, 15) is 19.8 Å². The zero-order valence-electron chi connectivity index (χ0n) is 14.1. The highest BCUT2D eigenvalue weighted by Crippen LogP contribution is 2.44. The molecule has 2 heterocycles. The van der Waals surface area contributed by atoms with Gasteiger partial charge in [-0.3, -0.25) is 9.59 Å². The van der Waals surface area contributed by atoms with Crippen LogP contribution in [0.5, 0.6) is 17.2 Å². The van der Waals surface area contributed by atoms with Crippen molar-refractivity contribution in [1.29, 1.82) is 0 Å². The van der Waals surface area contributed by atoms with Crippen molar-refractivity contribution in [3.05, 3.63) is 53.6 Å². The van der Waals surface area contributed by atoms with Crippen LogP contribution in [0.25, 0.3) is 0 Å². The van der Waals surface area contributed by atoms with Crippen LogP contribution in [0, 0.1) is 5.92 Å². The number of rotatable bonds is 2. The van der Waals surface area contributed by atoms with Crippen LogP contribution >= 0.6 is 0 Å². The van der Waals surface area contributed by atoms with Gasteiger partial charge in [-0.15, -0.1) is 0 Å². The molecular weight excluding hydrogens is 334 g/mol. The highest BCUT2D eigenvalue weighted by atomic mass is 16.5. The SMILES string of the molecule is O=C(c1ccc(O)cc1O)C1C(=O)c2ccccc2OC12CCNCC2. The summed E-state index contributed by atoms with van der Waals surface area (Å²) in [5, 5.41) is 22.8. The monoisotopic (exact) mass is 353 g/mol. The molecule has 0 amide bonds. The summed E-state index contributed by atoms with van der Waals surface area (Å²) < 4.78 is 6.24. The van der Waals surface area contributed by atoms with Crippen molar-refractivity contribution in [3.8, 4) is 17.2 Å². The number of Topliss-reactive ketones (excluding diaryl/α,β-unsaturated/α-hetero) is 2. The third-order valence-corrected chi connectivity index (χ3v) is 5.21. The molecule has 2 aromatic carbocycles. The first-order valence-electron chi connectivity index (χ1n) is 8.61. The van der Waals surface area contributed by atoms with E-state index in [1.807, 2.05) is 0 Å². The molecule has 0 saturated carbocycles. The van der Waals surface area contributed by atoms with Crippen molar-refractivity contribution in [1.82, 2.24) is 5.32 Å². The number of ether oxygens (including phenoxy) is 1. The molecule has 2 aliphatic heterocycles. The van der Waals surface area contributed by atoms with Crippen LogP contribution in [0.3, 0.4) is 0 Å². The fraction of sp³-hybridized carbons (Fsp3) is 0.300. The Kier molecular flexibility index (Phi) is 3.92. The Bertz CT molecular complexity index is 886. The first-order chi connectivity index (χ1) is 12.5. The van der Waals surface area contributed by atoms with E-state index < -0.39 is 17.3 Å². The maximum Gasteiger partial charge on any atom is 0.181 e. The normalized spacial score (nSPS) is 21.1. The standard InChI is InChI=1S/C20H19NO5/c22-12-5-6-13(15(23)11-12)18(24)17-19(25)14-3-1-2-4-16(14)26-20(17)7-9-21-10-8-20/h1-6,11,17,21-23H,7-10H2. The minimum absolute atomic E-state index is 0.0158. The van der Waals surface area contributed by atoms with E-state index in [4.69, 9.17) is 4.74 Å². The first-order valence-corrected chi connectivity index (χ1v) is 8.61. The summed E-state index contributed by atoms with van der Waals surface area (Å²) in [6.07, 6.45) is 1.03. The number of hydrogen-bond acceptors (Lipinski definition) is 6. The summed E-state index contributed by atoms with van der Waals surface area (Å²) >= 11 is 0. The van der Waals surface area contributed by atoms with Crippen molar-refractivity contribution < 1.29 is 24.5 Å². The summed E-state index contributed by atoms with van der Waals surface area (Å²) in [6, 6.07) is 10.7. The lowest BCUT2D eigenvalue weighted by molar-refractivity contribution is -0.0138. The first kappa shape index (κ1) is 16.6. The molecule has 0 bridgehead atoms. The van der Waals surface area contributed by atoms with Crippen LogP contribution in [-0.2, 0) is 0 Å². The largest absolute Gasteiger partial charge is 0.508 e. The second-order valence-corrected chi connectivity index (χ2v) is 6.78.